The predicted octanol–water partition coefficient (Wildman–Crippen LogP) is 2.06. The van der Waals surface area contributed by atoms with Gasteiger partial charge in [-0.3, -0.25) is 9.79 Å². The maximum Gasteiger partial charge on any atom is 0.239 e. The number of nitrogens with one attached hydrogen (secondary N) is 3. The van der Waals surface area contributed by atoms with E-state index < -0.39 is 0 Å². The molecule has 1 amide bonds. The molecule has 6 nitrogen and oxygen atoms in total. The van der Waals surface area contributed by atoms with E-state index in [9.17, 15) is 9.18 Å². The standard InChI is InChI=1S/C17H21FN4O2.HI/c1-19-17(20-8-7-13-4-2-5-14(18)10-13)22-12-16(23)21-11-15-6-3-9-24-15;/h2-6,9-10H,7-8,11-12H2,1H3,(H,21,23)(H2,19,20,22);1H. The summed E-state index contributed by atoms with van der Waals surface area (Å²) in [6.07, 6.45) is 2.22. The Bertz CT molecular complexity index is 677. The molecule has 0 aliphatic carbocycles. The van der Waals surface area contributed by atoms with E-state index in [-0.39, 0.29) is 42.2 Å². The van der Waals surface area contributed by atoms with Gasteiger partial charge >= 0.3 is 0 Å². The van der Waals surface area contributed by atoms with Gasteiger partial charge in [0.05, 0.1) is 19.4 Å². The van der Waals surface area contributed by atoms with E-state index in [2.05, 4.69) is 20.9 Å². The molecule has 1 aromatic carbocycles. The van der Waals surface area contributed by atoms with Gasteiger partial charge in [-0.2, -0.15) is 0 Å². The third-order valence-corrected chi connectivity index (χ3v) is 3.28. The fourth-order valence-corrected chi connectivity index (χ4v) is 2.06. The maximum absolute atomic E-state index is 13.1. The molecule has 0 aliphatic heterocycles. The second kappa shape index (κ2) is 11.5. The molecule has 1 heterocycles. The third-order valence-electron chi connectivity index (χ3n) is 3.28. The summed E-state index contributed by atoms with van der Waals surface area (Å²) < 4.78 is 18.2. The van der Waals surface area contributed by atoms with Gasteiger partial charge < -0.3 is 20.4 Å². The van der Waals surface area contributed by atoms with Crippen molar-refractivity contribution in [2.75, 3.05) is 20.1 Å². The molecule has 3 N–H and O–H groups in total. The molecule has 0 saturated heterocycles. The highest BCUT2D eigenvalue weighted by Crippen LogP contribution is 2.03. The number of furan rings is 1. The Morgan fingerprint density at radius 2 is 2.04 bits per heavy atom. The van der Waals surface area contributed by atoms with Gasteiger partial charge in [-0.1, -0.05) is 12.1 Å². The highest BCUT2D eigenvalue weighted by atomic mass is 127. The van der Waals surface area contributed by atoms with E-state index >= 15 is 0 Å². The molecular formula is C17H22FIN4O2. The second-order valence-corrected chi connectivity index (χ2v) is 5.09. The number of hydrogen-bond donors (Lipinski definition) is 3. The number of rotatable bonds is 7. The summed E-state index contributed by atoms with van der Waals surface area (Å²) in [5, 5.41) is 8.73. The van der Waals surface area contributed by atoms with Crippen LogP contribution in [-0.4, -0.2) is 32.0 Å². The fraction of sp³-hybridized carbons (Fsp3) is 0.294. The van der Waals surface area contributed by atoms with Crippen molar-refractivity contribution < 1.29 is 13.6 Å². The Morgan fingerprint density at radius 3 is 2.72 bits per heavy atom. The van der Waals surface area contributed by atoms with Gasteiger partial charge in [-0.15, -0.1) is 24.0 Å². The number of hydrogen-bond acceptors (Lipinski definition) is 3. The Balaban J connectivity index is 0.00000312. The minimum absolute atomic E-state index is 0. The minimum Gasteiger partial charge on any atom is -0.467 e. The summed E-state index contributed by atoms with van der Waals surface area (Å²) in [5.41, 5.74) is 0.897. The maximum atomic E-state index is 13.1. The Kier molecular flexibility index (Phi) is 9.60. The molecule has 8 heteroatoms. The molecule has 0 fully saturated rings. The minimum atomic E-state index is -0.247. The topological polar surface area (TPSA) is 78.7 Å². The lowest BCUT2D eigenvalue weighted by Crippen LogP contribution is -2.43. The number of carbonyl (C=O) groups is 1. The predicted molar refractivity (Wildman–Crippen MR) is 105 cm³/mol. The molecule has 0 unspecified atom stereocenters. The molecule has 0 aliphatic rings. The van der Waals surface area contributed by atoms with Crippen LogP contribution >= 0.6 is 24.0 Å². The van der Waals surface area contributed by atoms with Gasteiger partial charge in [-0.05, 0) is 36.2 Å². The summed E-state index contributed by atoms with van der Waals surface area (Å²) in [5.74, 6) is 0.795. The number of nitrogens with zero attached hydrogens (tertiary/aromatic N) is 1. The third kappa shape index (κ3) is 8.01. The molecule has 2 rings (SSSR count). The summed E-state index contributed by atoms with van der Waals surface area (Å²) in [6, 6.07) is 10.0. The molecule has 0 saturated carbocycles. The van der Waals surface area contributed by atoms with Crippen LogP contribution in [0, 0.1) is 5.82 Å². The number of carbonyl (C=O) groups excluding carboxylic acids is 1. The normalized spacial score (nSPS) is 10.7. The zero-order valence-electron chi connectivity index (χ0n) is 13.9. The average molecular weight is 460 g/mol. The van der Waals surface area contributed by atoms with Crippen LogP contribution in [0.5, 0.6) is 0 Å². The van der Waals surface area contributed by atoms with Gasteiger partial charge in [0.1, 0.15) is 11.6 Å². The lowest BCUT2D eigenvalue weighted by atomic mass is 10.1. The lowest BCUT2D eigenvalue weighted by Gasteiger charge is -2.11. The summed E-state index contributed by atoms with van der Waals surface area (Å²) in [6.45, 7) is 1.02. The SMILES string of the molecule is CN=C(NCCc1cccc(F)c1)NCC(=O)NCc1ccco1.I. The zero-order valence-corrected chi connectivity index (χ0v) is 16.3. The van der Waals surface area contributed by atoms with Crippen LogP contribution < -0.4 is 16.0 Å². The van der Waals surface area contributed by atoms with E-state index in [0.29, 0.717) is 31.2 Å². The van der Waals surface area contributed by atoms with Crippen molar-refractivity contribution >= 4 is 35.8 Å². The van der Waals surface area contributed by atoms with Gasteiger partial charge in [0, 0.05) is 13.6 Å². The average Bonchev–Trinajstić information content (AvgIpc) is 3.09. The molecule has 2 aromatic rings. The van der Waals surface area contributed by atoms with Crippen LogP contribution in [0.15, 0.2) is 52.1 Å². The number of amides is 1. The molecular weight excluding hydrogens is 438 g/mol. The zero-order chi connectivity index (χ0) is 17.2. The van der Waals surface area contributed by atoms with Crippen LogP contribution in [0.2, 0.25) is 0 Å². The van der Waals surface area contributed by atoms with Crippen molar-refractivity contribution in [3.05, 3.63) is 59.8 Å². The first-order valence-electron chi connectivity index (χ1n) is 7.65. The first-order chi connectivity index (χ1) is 11.7. The van der Waals surface area contributed by atoms with Crippen molar-refractivity contribution in [2.24, 2.45) is 4.99 Å². The Morgan fingerprint density at radius 1 is 1.20 bits per heavy atom. The van der Waals surface area contributed by atoms with Gasteiger partial charge in [0.2, 0.25) is 5.91 Å². The van der Waals surface area contributed by atoms with E-state index in [4.69, 9.17) is 4.42 Å². The largest absolute Gasteiger partial charge is 0.467 e. The highest BCUT2D eigenvalue weighted by Gasteiger charge is 2.04. The molecule has 1 aromatic heterocycles. The summed E-state index contributed by atoms with van der Waals surface area (Å²) in [4.78, 5) is 15.8. The first kappa shape index (κ1) is 20.9. The van der Waals surface area contributed by atoms with E-state index in [1.165, 1.54) is 12.1 Å². The fourth-order valence-electron chi connectivity index (χ4n) is 2.06. The molecule has 0 radical (unpaired) electrons. The van der Waals surface area contributed by atoms with Crippen molar-refractivity contribution in [1.82, 2.24) is 16.0 Å². The molecule has 0 atom stereocenters. The summed E-state index contributed by atoms with van der Waals surface area (Å²) in [7, 11) is 1.62. The molecule has 136 valence electrons. The number of aliphatic imine (C=N–C) groups is 1. The second-order valence-electron chi connectivity index (χ2n) is 5.09. The van der Waals surface area contributed by atoms with Gasteiger partial charge in [-0.25, -0.2) is 4.39 Å². The quantitative estimate of drug-likeness (QED) is 0.336. The van der Waals surface area contributed by atoms with Crippen molar-refractivity contribution in [3.63, 3.8) is 0 Å². The lowest BCUT2D eigenvalue weighted by molar-refractivity contribution is -0.120. The van der Waals surface area contributed by atoms with Crippen molar-refractivity contribution in [2.45, 2.75) is 13.0 Å². The number of guanidine groups is 1. The van der Waals surface area contributed by atoms with Crippen LogP contribution in [-0.2, 0) is 17.8 Å². The highest BCUT2D eigenvalue weighted by molar-refractivity contribution is 14.0. The smallest absolute Gasteiger partial charge is 0.239 e. The van der Waals surface area contributed by atoms with Crippen LogP contribution in [0.3, 0.4) is 0 Å². The van der Waals surface area contributed by atoms with Crippen LogP contribution in [0.1, 0.15) is 11.3 Å². The first-order valence-corrected chi connectivity index (χ1v) is 7.65. The van der Waals surface area contributed by atoms with E-state index in [1.54, 1.807) is 31.5 Å². The van der Waals surface area contributed by atoms with Crippen molar-refractivity contribution in [1.29, 1.82) is 0 Å². The number of halogens is 2. The van der Waals surface area contributed by atoms with Gasteiger partial charge in [0.15, 0.2) is 5.96 Å². The van der Waals surface area contributed by atoms with E-state index in [0.717, 1.165) is 5.56 Å². The van der Waals surface area contributed by atoms with E-state index in [1.807, 2.05) is 6.07 Å². The Hall–Kier alpha value is -2.10. The van der Waals surface area contributed by atoms with Crippen LogP contribution in [0.4, 0.5) is 4.39 Å². The van der Waals surface area contributed by atoms with Crippen LogP contribution in [0.25, 0.3) is 0 Å². The Labute approximate surface area is 163 Å². The van der Waals surface area contributed by atoms with Crippen molar-refractivity contribution in [3.8, 4) is 0 Å². The molecule has 0 bridgehead atoms. The molecule has 0 spiro atoms. The molecule has 25 heavy (non-hydrogen) atoms. The van der Waals surface area contributed by atoms with Gasteiger partial charge in [0.25, 0.3) is 0 Å². The number of benzene rings is 1. The monoisotopic (exact) mass is 460 g/mol. The summed E-state index contributed by atoms with van der Waals surface area (Å²) >= 11 is 0.